The van der Waals surface area contributed by atoms with E-state index in [1.165, 1.54) is 12.3 Å². The third kappa shape index (κ3) is 7.03. The summed E-state index contributed by atoms with van der Waals surface area (Å²) in [5.74, 6) is 1.09. The van der Waals surface area contributed by atoms with Crippen molar-refractivity contribution in [3.05, 3.63) is 88.2 Å². The van der Waals surface area contributed by atoms with Crippen molar-refractivity contribution in [1.29, 1.82) is 0 Å². The summed E-state index contributed by atoms with van der Waals surface area (Å²) in [7, 11) is 5.17. The van der Waals surface area contributed by atoms with Crippen molar-refractivity contribution in [3.8, 4) is 5.75 Å². The standard InChI is InChI=1S/C25H30ClN5O2/c1-17(28)24(22(16-32)30-23(29-2)13-14-27)25(19-7-9-20(26)10-8-19)31(3)15-18-5-11-21(33-4)12-6-18/h5-14,16,25H,15,27-28H2,1-4H3. The van der Waals surface area contributed by atoms with Crippen molar-refractivity contribution in [1.82, 2.24) is 4.90 Å². The molecule has 2 aromatic rings. The van der Waals surface area contributed by atoms with Crippen LogP contribution in [-0.4, -0.2) is 43.9 Å². The van der Waals surface area contributed by atoms with Gasteiger partial charge in [0.05, 0.1) is 13.2 Å². The lowest BCUT2D eigenvalue weighted by atomic mass is 9.92. The van der Waals surface area contributed by atoms with E-state index in [2.05, 4.69) is 14.9 Å². The van der Waals surface area contributed by atoms with E-state index in [1.807, 2.05) is 55.6 Å². The highest BCUT2D eigenvalue weighted by molar-refractivity contribution is 6.39. The summed E-state index contributed by atoms with van der Waals surface area (Å²) < 4.78 is 5.25. The quantitative estimate of drug-likeness (QED) is 0.330. The molecule has 1 atom stereocenters. The molecule has 4 N–H and O–H groups in total. The Kier molecular flexibility index (Phi) is 9.84. The number of methoxy groups -OCH3 is 1. The van der Waals surface area contributed by atoms with Crippen LogP contribution in [0.15, 0.2) is 82.1 Å². The molecule has 0 heterocycles. The van der Waals surface area contributed by atoms with Crippen LogP contribution < -0.4 is 16.2 Å². The van der Waals surface area contributed by atoms with Crippen LogP contribution in [0.2, 0.25) is 5.02 Å². The molecule has 0 bridgehead atoms. The number of amidine groups is 1. The Labute approximate surface area is 200 Å². The smallest absolute Gasteiger partial charge is 0.168 e. The number of nitrogens with two attached hydrogens (primary N) is 2. The minimum Gasteiger partial charge on any atom is -0.497 e. The number of likely N-dealkylation sites (N-methyl/N-ethyl adjacent to an activating group) is 1. The maximum Gasteiger partial charge on any atom is 0.168 e. The first-order valence-electron chi connectivity index (χ1n) is 10.3. The predicted molar refractivity (Wildman–Crippen MR) is 136 cm³/mol. The number of hydrogen-bond donors (Lipinski definition) is 2. The minimum atomic E-state index is -0.377. The van der Waals surface area contributed by atoms with Crippen LogP contribution in [0, 0.1) is 0 Å². The number of carbonyl (C=O) groups excluding carboxylic acids is 1. The molecule has 0 amide bonds. The summed E-state index contributed by atoms with van der Waals surface area (Å²) in [6.07, 6.45) is 3.52. The van der Waals surface area contributed by atoms with Crippen LogP contribution in [0.3, 0.4) is 0 Å². The topological polar surface area (TPSA) is 106 Å². The number of nitrogens with zero attached hydrogens (tertiary/aromatic N) is 3. The number of hydrogen-bond acceptors (Lipinski definition) is 6. The van der Waals surface area contributed by atoms with Gasteiger partial charge in [-0.1, -0.05) is 35.9 Å². The van der Waals surface area contributed by atoms with Crippen molar-refractivity contribution >= 4 is 29.4 Å². The Morgan fingerprint density at radius 3 is 2.30 bits per heavy atom. The second kappa shape index (κ2) is 12.6. The number of allylic oxidation sites excluding steroid dienone is 1. The van der Waals surface area contributed by atoms with E-state index in [1.54, 1.807) is 21.1 Å². The minimum absolute atomic E-state index is 0.176. The van der Waals surface area contributed by atoms with Crippen molar-refractivity contribution < 1.29 is 9.53 Å². The Balaban J connectivity index is 2.60. The van der Waals surface area contributed by atoms with E-state index in [9.17, 15) is 4.79 Å². The van der Waals surface area contributed by atoms with Gasteiger partial charge in [0.2, 0.25) is 0 Å². The maximum absolute atomic E-state index is 12.2. The van der Waals surface area contributed by atoms with Crippen LogP contribution in [0.5, 0.6) is 5.75 Å². The highest BCUT2D eigenvalue weighted by atomic mass is 35.5. The monoisotopic (exact) mass is 467 g/mol. The predicted octanol–water partition coefficient (Wildman–Crippen LogP) is 3.90. The highest BCUT2D eigenvalue weighted by Crippen LogP contribution is 2.32. The number of rotatable bonds is 9. The number of ether oxygens (including phenoxy) is 1. The van der Waals surface area contributed by atoms with E-state index in [-0.39, 0.29) is 11.8 Å². The summed E-state index contributed by atoms with van der Waals surface area (Å²) in [6, 6.07) is 14.9. The summed E-state index contributed by atoms with van der Waals surface area (Å²) in [6.45, 7) is 2.33. The van der Waals surface area contributed by atoms with Crippen LogP contribution in [0.4, 0.5) is 0 Å². The van der Waals surface area contributed by atoms with Crippen molar-refractivity contribution in [2.24, 2.45) is 21.5 Å². The summed E-state index contributed by atoms with van der Waals surface area (Å²) >= 11 is 6.13. The normalized spacial score (nSPS) is 14.4. The Morgan fingerprint density at radius 1 is 1.18 bits per heavy atom. The van der Waals surface area contributed by atoms with Gasteiger partial charge in [-0.15, -0.1) is 0 Å². The Morgan fingerprint density at radius 2 is 1.82 bits per heavy atom. The van der Waals surface area contributed by atoms with Crippen LogP contribution in [0.1, 0.15) is 24.1 Å². The lowest BCUT2D eigenvalue weighted by Crippen LogP contribution is -2.31. The third-order valence-corrected chi connectivity index (χ3v) is 5.26. The largest absolute Gasteiger partial charge is 0.497 e. The average molecular weight is 468 g/mol. The molecule has 7 nitrogen and oxygen atoms in total. The average Bonchev–Trinajstić information content (AvgIpc) is 2.81. The van der Waals surface area contributed by atoms with Gasteiger partial charge in [-0.2, -0.15) is 0 Å². The lowest BCUT2D eigenvalue weighted by Gasteiger charge is -2.31. The first kappa shape index (κ1) is 25.8. The van der Waals surface area contributed by atoms with Crippen molar-refractivity contribution in [2.45, 2.75) is 19.5 Å². The molecule has 0 aliphatic carbocycles. The van der Waals surface area contributed by atoms with E-state index < -0.39 is 0 Å². The zero-order valence-corrected chi connectivity index (χ0v) is 20.1. The van der Waals surface area contributed by atoms with Gasteiger partial charge in [0.1, 0.15) is 17.3 Å². The molecule has 0 saturated heterocycles. The van der Waals surface area contributed by atoms with Crippen molar-refractivity contribution in [2.75, 3.05) is 21.2 Å². The molecular weight excluding hydrogens is 438 g/mol. The number of carbonyl (C=O) groups is 1. The van der Waals surface area contributed by atoms with E-state index >= 15 is 0 Å². The van der Waals surface area contributed by atoms with Gasteiger partial charge < -0.3 is 16.2 Å². The molecule has 0 spiro atoms. The maximum atomic E-state index is 12.2. The summed E-state index contributed by atoms with van der Waals surface area (Å²) in [5, 5.41) is 0.614. The molecule has 2 rings (SSSR count). The molecular formula is C25H30ClN5O2. The van der Waals surface area contributed by atoms with E-state index in [0.717, 1.165) is 16.9 Å². The Hall–Kier alpha value is -3.42. The number of benzene rings is 2. The van der Waals surface area contributed by atoms with Gasteiger partial charge in [0.25, 0.3) is 0 Å². The zero-order chi connectivity index (χ0) is 24.4. The fraction of sp³-hybridized carbons (Fsp3) is 0.240. The zero-order valence-electron chi connectivity index (χ0n) is 19.3. The van der Waals surface area contributed by atoms with Gasteiger partial charge in [-0.05, 0) is 61.6 Å². The van der Waals surface area contributed by atoms with Crippen LogP contribution >= 0.6 is 11.6 Å². The SMILES string of the molecule is CN=C(C=CN)N=C(C=O)C(=C(C)N)C(c1ccc(Cl)cc1)N(C)Cc1ccc(OC)cc1. The van der Waals surface area contributed by atoms with Gasteiger partial charge in [0.15, 0.2) is 6.29 Å². The lowest BCUT2D eigenvalue weighted by molar-refractivity contribution is -0.102. The second-order valence-electron chi connectivity index (χ2n) is 7.37. The van der Waals surface area contributed by atoms with Gasteiger partial charge in [-0.3, -0.25) is 14.7 Å². The molecule has 1 unspecified atom stereocenters. The first-order chi connectivity index (χ1) is 15.8. The van der Waals surface area contributed by atoms with Crippen LogP contribution in [0.25, 0.3) is 0 Å². The fourth-order valence-corrected chi connectivity index (χ4v) is 3.60. The van der Waals surface area contributed by atoms with Gasteiger partial charge >= 0.3 is 0 Å². The second-order valence-corrected chi connectivity index (χ2v) is 7.81. The number of aliphatic imine (C=N–C) groups is 2. The molecule has 0 aliphatic heterocycles. The van der Waals surface area contributed by atoms with Gasteiger partial charge in [-0.25, -0.2) is 4.99 Å². The Bertz CT molecular complexity index is 1050. The van der Waals surface area contributed by atoms with E-state index in [4.69, 9.17) is 27.8 Å². The number of halogens is 1. The number of aldehydes is 1. The van der Waals surface area contributed by atoms with E-state index in [0.29, 0.717) is 35.0 Å². The third-order valence-electron chi connectivity index (χ3n) is 5.01. The molecule has 174 valence electrons. The fourth-order valence-electron chi connectivity index (χ4n) is 3.48. The molecule has 0 fully saturated rings. The highest BCUT2D eigenvalue weighted by Gasteiger charge is 2.27. The molecule has 0 saturated carbocycles. The van der Waals surface area contributed by atoms with Crippen molar-refractivity contribution in [3.63, 3.8) is 0 Å². The molecule has 8 heteroatoms. The first-order valence-corrected chi connectivity index (χ1v) is 10.7. The summed E-state index contributed by atoms with van der Waals surface area (Å²) in [4.78, 5) is 22.8. The van der Waals surface area contributed by atoms with Gasteiger partial charge in [0, 0.05) is 29.9 Å². The van der Waals surface area contributed by atoms with Crippen LogP contribution in [-0.2, 0) is 11.3 Å². The molecule has 0 aliphatic rings. The molecule has 0 aromatic heterocycles. The molecule has 33 heavy (non-hydrogen) atoms. The molecule has 0 radical (unpaired) electrons. The summed E-state index contributed by atoms with van der Waals surface area (Å²) in [5.41, 5.74) is 15.0. The molecule has 2 aromatic carbocycles.